The number of urea groups is 1. The van der Waals surface area contributed by atoms with E-state index in [-0.39, 0.29) is 6.54 Å². The molecule has 1 aliphatic rings. The standard InChI is InChI=1S/C8H15NO2.C6H13N3O3/c10-8(11)6-9-7-4-2-1-3-5-7;7-4(5(10)11)2-1-3-9-6(8)12/h7,9H,1-6H2,(H,10,11);4H,1-3,7H2,(H,10,11)(H3,8,9,12). The monoisotopic (exact) mass is 332 g/mol. The van der Waals surface area contributed by atoms with Crippen molar-refractivity contribution in [2.75, 3.05) is 13.1 Å². The topological polar surface area (TPSA) is 168 Å². The van der Waals surface area contributed by atoms with Crippen molar-refractivity contribution in [3.05, 3.63) is 0 Å². The Labute approximate surface area is 135 Å². The van der Waals surface area contributed by atoms with E-state index in [1.165, 1.54) is 19.3 Å². The molecule has 0 saturated heterocycles. The van der Waals surface area contributed by atoms with Gasteiger partial charge in [0.15, 0.2) is 0 Å². The van der Waals surface area contributed by atoms with Crippen molar-refractivity contribution in [2.45, 2.75) is 57.0 Å². The van der Waals surface area contributed by atoms with Gasteiger partial charge in [0.25, 0.3) is 0 Å². The van der Waals surface area contributed by atoms with E-state index in [4.69, 9.17) is 21.7 Å². The van der Waals surface area contributed by atoms with E-state index in [0.717, 1.165) is 12.8 Å². The number of primary amides is 1. The van der Waals surface area contributed by atoms with E-state index in [2.05, 4.69) is 10.6 Å². The highest BCUT2D eigenvalue weighted by Crippen LogP contribution is 2.16. The van der Waals surface area contributed by atoms with Crippen LogP contribution in [-0.4, -0.2) is 53.4 Å². The Hall–Kier alpha value is -1.87. The maximum atomic E-state index is 10.2. The van der Waals surface area contributed by atoms with E-state index in [9.17, 15) is 14.4 Å². The number of amides is 2. The molecule has 8 N–H and O–H groups in total. The maximum Gasteiger partial charge on any atom is 0.320 e. The highest BCUT2D eigenvalue weighted by molar-refractivity contribution is 5.73. The average molecular weight is 332 g/mol. The number of carboxylic acid groups (broad SMARTS) is 2. The highest BCUT2D eigenvalue weighted by atomic mass is 16.4. The zero-order chi connectivity index (χ0) is 17.7. The third-order valence-electron chi connectivity index (χ3n) is 3.46. The van der Waals surface area contributed by atoms with Gasteiger partial charge in [0.2, 0.25) is 0 Å². The van der Waals surface area contributed by atoms with Crippen LogP contribution in [0.25, 0.3) is 0 Å². The van der Waals surface area contributed by atoms with Gasteiger partial charge in [0.1, 0.15) is 6.04 Å². The molecule has 1 unspecified atom stereocenters. The van der Waals surface area contributed by atoms with E-state index >= 15 is 0 Å². The van der Waals surface area contributed by atoms with Gasteiger partial charge >= 0.3 is 18.0 Å². The first kappa shape index (κ1) is 21.1. The predicted octanol–water partition coefficient (Wildman–Crippen LogP) is -0.160. The molecule has 0 aromatic rings. The summed E-state index contributed by atoms with van der Waals surface area (Å²) in [7, 11) is 0. The molecule has 0 aromatic carbocycles. The molecule has 1 aliphatic carbocycles. The second kappa shape index (κ2) is 12.7. The van der Waals surface area contributed by atoms with Crippen molar-refractivity contribution in [3.8, 4) is 0 Å². The number of rotatable bonds is 8. The Kier molecular flexibility index (Phi) is 11.6. The molecule has 2 amide bonds. The number of hydrogen-bond donors (Lipinski definition) is 6. The van der Waals surface area contributed by atoms with Gasteiger partial charge in [-0.1, -0.05) is 19.3 Å². The van der Waals surface area contributed by atoms with Gasteiger partial charge < -0.3 is 32.3 Å². The summed E-state index contributed by atoms with van der Waals surface area (Å²) in [5, 5.41) is 22.1. The lowest BCUT2D eigenvalue weighted by Gasteiger charge is -2.21. The minimum absolute atomic E-state index is 0.116. The number of nitrogens with one attached hydrogen (secondary N) is 2. The van der Waals surface area contributed by atoms with E-state index in [0.29, 0.717) is 25.4 Å². The molecular weight excluding hydrogens is 304 g/mol. The summed E-state index contributed by atoms with van der Waals surface area (Å²) >= 11 is 0. The number of nitrogens with two attached hydrogens (primary N) is 2. The second-order valence-corrected chi connectivity index (χ2v) is 5.49. The summed E-state index contributed by atoms with van der Waals surface area (Å²) in [6.07, 6.45) is 6.94. The van der Waals surface area contributed by atoms with E-state index in [1.54, 1.807) is 0 Å². The van der Waals surface area contributed by atoms with E-state index in [1.807, 2.05) is 0 Å². The number of aliphatic carboxylic acids is 2. The lowest BCUT2D eigenvalue weighted by atomic mass is 9.96. The first-order chi connectivity index (χ1) is 10.8. The van der Waals surface area contributed by atoms with Crippen molar-refractivity contribution in [2.24, 2.45) is 11.5 Å². The number of carboxylic acids is 2. The SMILES string of the molecule is NC(=O)NCCCC(N)C(=O)O.O=C(O)CNC1CCCCC1. The minimum atomic E-state index is -1.03. The lowest BCUT2D eigenvalue weighted by Crippen LogP contribution is -2.34. The largest absolute Gasteiger partial charge is 0.480 e. The Balaban J connectivity index is 0.000000422. The number of carbonyl (C=O) groups excluding carboxylic acids is 1. The molecule has 9 heteroatoms. The smallest absolute Gasteiger partial charge is 0.320 e. The minimum Gasteiger partial charge on any atom is -0.480 e. The zero-order valence-electron chi connectivity index (χ0n) is 13.3. The Morgan fingerprint density at radius 3 is 2.22 bits per heavy atom. The Morgan fingerprint density at radius 2 is 1.74 bits per heavy atom. The highest BCUT2D eigenvalue weighted by Gasteiger charge is 2.13. The van der Waals surface area contributed by atoms with Crippen LogP contribution in [0.5, 0.6) is 0 Å². The van der Waals surface area contributed by atoms with Crippen LogP contribution in [0.2, 0.25) is 0 Å². The lowest BCUT2D eigenvalue weighted by molar-refractivity contribution is -0.139. The van der Waals surface area contributed by atoms with Crippen LogP contribution in [-0.2, 0) is 9.59 Å². The molecular formula is C14H28N4O5. The average Bonchev–Trinajstić information content (AvgIpc) is 2.50. The molecule has 23 heavy (non-hydrogen) atoms. The molecule has 1 atom stereocenters. The molecule has 0 aliphatic heterocycles. The molecule has 9 nitrogen and oxygen atoms in total. The molecule has 1 fully saturated rings. The first-order valence-corrected chi connectivity index (χ1v) is 7.79. The molecule has 0 aromatic heterocycles. The molecule has 0 radical (unpaired) electrons. The Bertz CT molecular complexity index is 372. The van der Waals surface area contributed by atoms with Crippen molar-refractivity contribution in [3.63, 3.8) is 0 Å². The van der Waals surface area contributed by atoms with E-state index < -0.39 is 24.0 Å². The number of carbonyl (C=O) groups is 3. The molecule has 0 bridgehead atoms. The molecule has 134 valence electrons. The third kappa shape index (κ3) is 13.5. The fourth-order valence-electron chi connectivity index (χ4n) is 2.20. The molecule has 0 spiro atoms. The fraction of sp³-hybridized carbons (Fsp3) is 0.786. The van der Waals surface area contributed by atoms with Crippen molar-refractivity contribution in [1.29, 1.82) is 0 Å². The van der Waals surface area contributed by atoms with Crippen LogP contribution in [0, 0.1) is 0 Å². The molecule has 1 rings (SSSR count). The normalized spacial score (nSPS) is 15.9. The molecule has 0 heterocycles. The van der Waals surface area contributed by atoms with Crippen LogP contribution in [0.1, 0.15) is 44.9 Å². The van der Waals surface area contributed by atoms with Crippen molar-refractivity contribution in [1.82, 2.24) is 10.6 Å². The second-order valence-electron chi connectivity index (χ2n) is 5.49. The summed E-state index contributed by atoms with van der Waals surface area (Å²) in [6.45, 7) is 0.473. The molecule has 1 saturated carbocycles. The summed E-state index contributed by atoms with van der Waals surface area (Å²) < 4.78 is 0. The maximum absolute atomic E-state index is 10.2. The zero-order valence-corrected chi connectivity index (χ0v) is 13.3. The summed E-state index contributed by atoms with van der Waals surface area (Å²) in [5.41, 5.74) is 9.96. The van der Waals surface area contributed by atoms with Crippen LogP contribution in [0.15, 0.2) is 0 Å². The Morgan fingerprint density at radius 1 is 1.13 bits per heavy atom. The summed E-state index contributed by atoms with van der Waals surface area (Å²) in [4.78, 5) is 30.5. The van der Waals surface area contributed by atoms with Gasteiger partial charge in [-0.15, -0.1) is 0 Å². The van der Waals surface area contributed by atoms with Gasteiger partial charge in [-0.05, 0) is 25.7 Å². The predicted molar refractivity (Wildman–Crippen MR) is 84.9 cm³/mol. The summed E-state index contributed by atoms with van der Waals surface area (Å²) in [6, 6.07) is -1.02. The third-order valence-corrected chi connectivity index (χ3v) is 3.46. The fourth-order valence-corrected chi connectivity index (χ4v) is 2.20. The first-order valence-electron chi connectivity index (χ1n) is 7.79. The van der Waals surface area contributed by atoms with Crippen LogP contribution in [0.4, 0.5) is 4.79 Å². The van der Waals surface area contributed by atoms with Gasteiger partial charge in [-0.25, -0.2) is 4.79 Å². The van der Waals surface area contributed by atoms with Crippen LogP contribution >= 0.6 is 0 Å². The van der Waals surface area contributed by atoms with Gasteiger partial charge in [-0.3, -0.25) is 9.59 Å². The van der Waals surface area contributed by atoms with Crippen LogP contribution in [0.3, 0.4) is 0 Å². The van der Waals surface area contributed by atoms with Gasteiger partial charge in [-0.2, -0.15) is 0 Å². The van der Waals surface area contributed by atoms with Crippen molar-refractivity contribution >= 4 is 18.0 Å². The number of hydrogen-bond acceptors (Lipinski definition) is 5. The summed E-state index contributed by atoms with van der Waals surface area (Å²) in [5.74, 6) is -1.79. The van der Waals surface area contributed by atoms with Crippen LogP contribution < -0.4 is 22.1 Å². The van der Waals surface area contributed by atoms with Gasteiger partial charge in [0, 0.05) is 12.6 Å². The van der Waals surface area contributed by atoms with Crippen molar-refractivity contribution < 1.29 is 24.6 Å². The quantitative estimate of drug-likeness (QED) is 0.336. The van der Waals surface area contributed by atoms with Gasteiger partial charge in [0.05, 0.1) is 6.54 Å².